The average Bonchev–Trinajstić information content (AvgIpc) is 3.08. The van der Waals surface area contributed by atoms with Crippen LogP contribution in [-0.2, 0) is 11.4 Å². The van der Waals surface area contributed by atoms with Gasteiger partial charge in [0.15, 0.2) is 18.9 Å². The summed E-state index contributed by atoms with van der Waals surface area (Å²) < 4.78 is 0. The molecule has 1 aliphatic heterocycles. The van der Waals surface area contributed by atoms with Crippen molar-refractivity contribution in [1.29, 1.82) is 0 Å². The molecule has 0 fully saturated rings. The molecule has 0 aromatic heterocycles. The smallest absolute Gasteiger partial charge is 0.296 e. The summed E-state index contributed by atoms with van der Waals surface area (Å²) in [4.78, 5) is 66.0. The summed E-state index contributed by atoms with van der Waals surface area (Å²) in [6.07, 6.45) is 0.359. The van der Waals surface area contributed by atoms with Crippen LogP contribution in [0.5, 0.6) is 0 Å². The van der Waals surface area contributed by atoms with Crippen molar-refractivity contribution >= 4 is 29.8 Å². The second kappa shape index (κ2) is 10.4. The van der Waals surface area contributed by atoms with E-state index < -0.39 is 29.5 Å². The lowest BCUT2D eigenvalue weighted by molar-refractivity contribution is -0.761. The Morgan fingerprint density at radius 3 is 2.40 bits per heavy atom. The van der Waals surface area contributed by atoms with Gasteiger partial charge in [-0.05, 0) is 17.7 Å². The molecular weight excluding hydrogens is 462 g/mol. The minimum atomic E-state index is -1.15. The number of carbonyl (C=O) groups excluding carboxylic acids is 4. The van der Waals surface area contributed by atoms with Crippen molar-refractivity contribution in [2.24, 2.45) is 16.8 Å². The molecule has 0 bridgehead atoms. The fourth-order valence-corrected chi connectivity index (χ4v) is 3.42. The molecule has 0 spiro atoms. The first-order valence-electron chi connectivity index (χ1n) is 10.0. The molecule has 4 N–H and O–H groups in total. The van der Waals surface area contributed by atoms with Crippen molar-refractivity contribution in [3.8, 4) is 0 Å². The van der Waals surface area contributed by atoms with Gasteiger partial charge in [0.1, 0.15) is 0 Å². The fourth-order valence-electron chi connectivity index (χ4n) is 3.42. The van der Waals surface area contributed by atoms with E-state index in [4.69, 9.17) is 11.7 Å². The van der Waals surface area contributed by atoms with Crippen LogP contribution >= 0.6 is 0 Å². The number of rotatable bonds is 9. The number of hydrazone groups is 1. The highest BCUT2D eigenvalue weighted by Crippen LogP contribution is 2.26. The third kappa shape index (κ3) is 5.22. The van der Waals surface area contributed by atoms with Crippen LogP contribution in [0.25, 0.3) is 0 Å². The molecule has 1 aliphatic rings. The number of aldehydes is 1. The Morgan fingerprint density at radius 1 is 1.20 bits per heavy atom. The molecule has 2 aromatic carbocycles. The number of amidine groups is 1. The van der Waals surface area contributed by atoms with Gasteiger partial charge in [-0.1, -0.05) is 30.3 Å². The molecule has 0 atom stereocenters. The van der Waals surface area contributed by atoms with Crippen molar-refractivity contribution in [2.45, 2.75) is 6.54 Å². The lowest BCUT2D eigenvalue weighted by atomic mass is 9.99. The van der Waals surface area contributed by atoms with E-state index >= 15 is 0 Å². The summed E-state index contributed by atoms with van der Waals surface area (Å²) in [5.41, 5.74) is 0.187. The Bertz CT molecular complexity index is 1220. The van der Waals surface area contributed by atoms with E-state index in [1.165, 1.54) is 17.0 Å². The van der Waals surface area contributed by atoms with Crippen molar-refractivity contribution in [3.05, 3.63) is 80.4 Å². The van der Waals surface area contributed by atoms with Crippen molar-refractivity contribution in [3.63, 3.8) is 0 Å². The van der Waals surface area contributed by atoms with Crippen LogP contribution in [0.15, 0.2) is 47.6 Å². The zero-order valence-corrected chi connectivity index (χ0v) is 18.5. The molecule has 0 saturated carbocycles. The highest BCUT2D eigenvalue weighted by atomic mass is 17.0. The maximum absolute atomic E-state index is 13.1. The second-order valence-corrected chi connectivity index (χ2v) is 7.44. The normalized spacial score (nSPS) is 12.9. The van der Waals surface area contributed by atoms with E-state index in [1.54, 1.807) is 0 Å². The van der Waals surface area contributed by atoms with Gasteiger partial charge in [-0.25, -0.2) is 10.7 Å². The van der Waals surface area contributed by atoms with E-state index in [0.29, 0.717) is 11.2 Å². The first-order valence-corrected chi connectivity index (χ1v) is 10.0. The Labute approximate surface area is 198 Å². The third-order valence-electron chi connectivity index (χ3n) is 5.19. The molecule has 0 saturated heterocycles. The summed E-state index contributed by atoms with van der Waals surface area (Å²) in [5.74, 6) is 9.22. The van der Waals surface area contributed by atoms with E-state index in [0.717, 1.165) is 17.7 Å². The molecule has 3 amide bonds. The van der Waals surface area contributed by atoms with Gasteiger partial charge in [-0.2, -0.15) is 5.10 Å². The Balaban J connectivity index is 1.81. The molecule has 0 unspecified atom stereocenters. The summed E-state index contributed by atoms with van der Waals surface area (Å²) in [7, 11) is 1.41. The molecule has 3 rings (SSSR count). The van der Waals surface area contributed by atoms with E-state index in [1.807, 2.05) is 30.3 Å². The molecule has 1 heterocycles. The number of nitrogens with two attached hydrogens (primary N) is 2. The summed E-state index contributed by atoms with van der Waals surface area (Å²) in [6, 6.07) is 11.4. The van der Waals surface area contributed by atoms with Gasteiger partial charge < -0.3 is 10.7 Å². The van der Waals surface area contributed by atoms with Crippen LogP contribution in [0.2, 0.25) is 0 Å². The van der Waals surface area contributed by atoms with Gasteiger partial charge in [-0.3, -0.25) is 29.0 Å². The molecule has 35 heavy (non-hydrogen) atoms. The zero-order chi connectivity index (χ0) is 25.7. The molecule has 14 heteroatoms. The van der Waals surface area contributed by atoms with E-state index in [-0.39, 0.29) is 41.2 Å². The quantitative estimate of drug-likeness (QED) is 0.0930. The van der Waals surface area contributed by atoms with Gasteiger partial charge in [0.05, 0.1) is 29.8 Å². The third-order valence-corrected chi connectivity index (χ3v) is 5.19. The van der Waals surface area contributed by atoms with Crippen molar-refractivity contribution in [1.82, 2.24) is 14.8 Å². The van der Waals surface area contributed by atoms with E-state index in [2.05, 4.69) is 9.94 Å². The second-order valence-electron chi connectivity index (χ2n) is 7.44. The van der Waals surface area contributed by atoms with Crippen LogP contribution in [0.1, 0.15) is 47.0 Å². The van der Waals surface area contributed by atoms with Crippen LogP contribution in [-0.4, -0.2) is 70.1 Å². The monoisotopic (exact) mass is 483 g/mol. The first-order chi connectivity index (χ1) is 16.7. The van der Waals surface area contributed by atoms with Gasteiger partial charge in [0.2, 0.25) is 0 Å². The standard InChI is InChI=1S/C21H21N7O7/c1-25(10-18(24-22)27(23)9-13-5-3-2-4-6-13)19(30)15-8-17-16(7-14(15)11-29)20(31)26(21(17)32)12-35-28(33)34/h2-8,11H,9-10,12,22-23H2,1H3/b24-18-. The van der Waals surface area contributed by atoms with Crippen molar-refractivity contribution in [2.75, 3.05) is 20.3 Å². The number of carbonyl (C=O) groups is 4. The number of fused-ring (bicyclic) bond motifs is 1. The predicted molar refractivity (Wildman–Crippen MR) is 120 cm³/mol. The number of benzene rings is 2. The average molecular weight is 483 g/mol. The van der Waals surface area contributed by atoms with Gasteiger partial charge in [0, 0.05) is 12.6 Å². The predicted octanol–water partition coefficient (Wildman–Crippen LogP) is -0.0190. The van der Waals surface area contributed by atoms with Crippen LogP contribution in [0, 0.1) is 10.1 Å². The largest absolute Gasteiger partial charge is 0.334 e. The number of amides is 3. The summed E-state index contributed by atoms with van der Waals surface area (Å²) in [5, 5.41) is 14.2. The number of nitrogens with zero attached hydrogens (tertiary/aromatic N) is 5. The van der Waals surface area contributed by atoms with E-state index in [9.17, 15) is 29.3 Å². The number of hydrogen-bond donors (Lipinski definition) is 2. The van der Waals surface area contributed by atoms with Gasteiger partial charge in [0.25, 0.3) is 22.8 Å². The Morgan fingerprint density at radius 2 is 1.83 bits per heavy atom. The minimum Gasteiger partial charge on any atom is -0.334 e. The molecule has 2 aromatic rings. The number of hydrogen-bond acceptors (Lipinski definition) is 10. The highest BCUT2D eigenvalue weighted by molar-refractivity contribution is 6.22. The lowest BCUT2D eigenvalue weighted by Crippen LogP contribution is -2.45. The molecular formula is C21H21N7O7. The number of imide groups is 1. The highest BCUT2D eigenvalue weighted by Gasteiger charge is 2.38. The SMILES string of the molecule is CN(C/C(=N/N)N(N)Cc1ccccc1)C(=O)c1cc2c(cc1C=O)C(=O)N(CO[N+](=O)[O-])C2=O. The fraction of sp³-hybridized carbons (Fsp3) is 0.190. The Kier molecular flexibility index (Phi) is 7.36. The zero-order valence-electron chi connectivity index (χ0n) is 18.5. The molecule has 0 aliphatic carbocycles. The lowest BCUT2D eigenvalue weighted by Gasteiger charge is -2.25. The van der Waals surface area contributed by atoms with Crippen LogP contribution in [0.3, 0.4) is 0 Å². The van der Waals surface area contributed by atoms with Crippen LogP contribution in [0.4, 0.5) is 0 Å². The number of hydrazine groups is 1. The minimum absolute atomic E-state index is 0.135. The van der Waals surface area contributed by atoms with Crippen molar-refractivity contribution < 1.29 is 29.1 Å². The number of likely N-dealkylation sites (N-methyl/N-ethyl adjacent to an activating group) is 1. The molecule has 14 nitrogen and oxygen atoms in total. The maximum Gasteiger partial charge on any atom is 0.296 e. The summed E-state index contributed by atoms with van der Waals surface area (Å²) in [6.45, 7) is -0.803. The molecule has 0 radical (unpaired) electrons. The topological polar surface area (TPSA) is 195 Å². The summed E-state index contributed by atoms with van der Waals surface area (Å²) >= 11 is 0. The van der Waals surface area contributed by atoms with Gasteiger partial charge in [-0.15, -0.1) is 10.1 Å². The maximum atomic E-state index is 13.1. The van der Waals surface area contributed by atoms with Crippen LogP contribution < -0.4 is 11.7 Å². The Hall–Kier alpha value is -4.85. The van der Waals surface area contributed by atoms with Gasteiger partial charge >= 0.3 is 0 Å². The first kappa shape index (κ1) is 24.8. The molecule has 182 valence electrons.